The van der Waals surface area contributed by atoms with Gasteiger partial charge in [0.2, 0.25) is 5.91 Å². The van der Waals surface area contributed by atoms with Crippen LogP contribution in [0, 0.1) is 5.92 Å². The first-order valence-corrected chi connectivity index (χ1v) is 9.95. The van der Waals surface area contributed by atoms with Crippen molar-refractivity contribution in [3.63, 3.8) is 0 Å². The number of hydrogen-bond acceptors (Lipinski definition) is 4. The minimum Gasteiger partial charge on any atom is -0.497 e. The van der Waals surface area contributed by atoms with Crippen LogP contribution in [0.25, 0.3) is 0 Å². The Morgan fingerprint density at radius 1 is 1.03 bits per heavy atom. The maximum atomic E-state index is 12.7. The number of anilines is 1. The molecule has 29 heavy (non-hydrogen) atoms. The third kappa shape index (κ3) is 4.95. The van der Waals surface area contributed by atoms with E-state index < -0.39 is 0 Å². The van der Waals surface area contributed by atoms with E-state index in [1.807, 2.05) is 0 Å². The molecule has 0 atom stereocenters. The zero-order chi connectivity index (χ0) is 21.0. The molecule has 0 radical (unpaired) electrons. The quantitative estimate of drug-likeness (QED) is 0.748. The van der Waals surface area contributed by atoms with Crippen molar-refractivity contribution >= 4 is 40.7 Å². The van der Waals surface area contributed by atoms with E-state index in [0.29, 0.717) is 58.7 Å². The summed E-state index contributed by atoms with van der Waals surface area (Å²) in [6, 6.07) is 10.0. The molecule has 0 aliphatic carbocycles. The molecule has 1 fully saturated rings. The summed E-state index contributed by atoms with van der Waals surface area (Å²) in [6.07, 6.45) is 1.13. The molecule has 2 amide bonds. The molecule has 8 heteroatoms. The number of amides is 2. The van der Waals surface area contributed by atoms with E-state index in [-0.39, 0.29) is 17.7 Å². The van der Waals surface area contributed by atoms with Crippen molar-refractivity contribution in [1.29, 1.82) is 0 Å². The lowest BCUT2D eigenvalue weighted by atomic mass is 9.95. The molecule has 6 nitrogen and oxygen atoms in total. The molecular weight excluding hydrogens is 415 g/mol. The molecule has 0 spiro atoms. The predicted octanol–water partition coefficient (Wildman–Crippen LogP) is 4.50. The van der Waals surface area contributed by atoms with Crippen LogP contribution >= 0.6 is 23.2 Å². The first-order chi connectivity index (χ1) is 13.9. The Kier molecular flexibility index (Phi) is 6.87. The second-order valence-electron chi connectivity index (χ2n) is 6.75. The Morgan fingerprint density at radius 3 is 2.38 bits per heavy atom. The number of nitrogens with one attached hydrogen (secondary N) is 1. The van der Waals surface area contributed by atoms with E-state index in [9.17, 15) is 9.59 Å². The van der Waals surface area contributed by atoms with Crippen LogP contribution in [0.1, 0.15) is 23.2 Å². The first kappa shape index (κ1) is 21.3. The van der Waals surface area contributed by atoms with E-state index in [1.165, 1.54) is 0 Å². The first-order valence-electron chi connectivity index (χ1n) is 9.20. The number of carbonyl (C=O) groups excluding carboxylic acids is 2. The van der Waals surface area contributed by atoms with Gasteiger partial charge >= 0.3 is 0 Å². The predicted molar refractivity (Wildman–Crippen MR) is 113 cm³/mol. The van der Waals surface area contributed by atoms with E-state index >= 15 is 0 Å². The van der Waals surface area contributed by atoms with Gasteiger partial charge in [-0.2, -0.15) is 0 Å². The number of methoxy groups -OCH3 is 2. The summed E-state index contributed by atoms with van der Waals surface area (Å²) < 4.78 is 10.5. The average Bonchev–Trinajstić information content (AvgIpc) is 2.73. The van der Waals surface area contributed by atoms with E-state index in [4.69, 9.17) is 32.7 Å². The minimum absolute atomic E-state index is 0.104. The lowest BCUT2D eigenvalue weighted by Gasteiger charge is -2.31. The SMILES string of the molecule is COc1ccc(OC)c(NC(=O)C2CCN(C(=O)c3ccc(Cl)cc3Cl)CC2)c1. The number of hydrogen-bond donors (Lipinski definition) is 1. The second-order valence-corrected chi connectivity index (χ2v) is 7.59. The summed E-state index contributed by atoms with van der Waals surface area (Å²) >= 11 is 12.0. The van der Waals surface area contributed by atoms with Crippen LogP contribution in [0.15, 0.2) is 36.4 Å². The Hall–Kier alpha value is -2.44. The van der Waals surface area contributed by atoms with Crippen molar-refractivity contribution in [2.75, 3.05) is 32.6 Å². The number of piperidine rings is 1. The summed E-state index contributed by atoms with van der Waals surface area (Å²) in [5.74, 6) is 0.731. The van der Waals surface area contributed by atoms with Gasteiger partial charge in [-0.25, -0.2) is 0 Å². The maximum Gasteiger partial charge on any atom is 0.255 e. The summed E-state index contributed by atoms with van der Waals surface area (Å²) in [6.45, 7) is 0.955. The number of nitrogens with zero attached hydrogens (tertiary/aromatic N) is 1. The maximum absolute atomic E-state index is 12.7. The summed E-state index contributed by atoms with van der Waals surface area (Å²) in [4.78, 5) is 27.2. The molecule has 1 aliphatic rings. The lowest BCUT2D eigenvalue weighted by Crippen LogP contribution is -2.41. The smallest absolute Gasteiger partial charge is 0.255 e. The zero-order valence-corrected chi connectivity index (χ0v) is 17.7. The fourth-order valence-electron chi connectivity index (χ4n) is 3.32. The van der Waals surface area contributed by atoms with Crippen molar-refractivity contribution in [3.8, 4) is 11.5 Å². The molecule has 1 aliphatic heterocycles. The molecular formula is C21H22Cl2N2O4. The molecule has 2 aromatic rings. The van der Waals surface area contributed by atoms with Crippen molar-refractivity contribution in [2.45, 2.75) is 12.8 Å². The van der Waals surface area contributed by atoms with Gasteiger partial charge in [0.15, 0.2) is 0 Å². The van der Waals surface area contributed by atoms with Crippen LogP contribution in [0.5, 0.6) is 11.5 Å². The monoisotopic (exact) mass is 436 g/mol. The molecule has 0 bridgehead atoms. The zero-order valence-electron chi connectivity index (χ0n) is 16.2. The number of rotatable bonds is 5. The third-order valence-corrected chi connectivity index (χ3v) is 5.53. The van der Waals surface area contributed by atoms with Crippen molar-refractivity contribution < 1.29 is 19.1 Å². The van der Waals surface area contributed by atoms with Gasteiger partial charge in [-0.3, -0.25) is 9.59 Å². The molecule has 1 N–H and O–H groups in total. The van der Waals surface area contributed by atoms with Crippen LogP contribution < -0.4 is 14.8 Å². The van der Waals surface area contributed by atoms with E-state index in [1.54, 1.807) is 55.5 Å². The van der Waals surface area contributed by atoms with Crippen molar-refractivity contribution in [2.24, 2.45) is 5.92 Å². The highest BCUT2D eigenvalue weighted by molar-refractivity contribution is 6.36. The van der Waals surface area contributed by atoms with E-state index in [0.717, 1.165) is 0 Å². The lowest BCUT2D eigenvalue weighted by molar-refractivity contribution is -0.121. The summed E-state index contributed by atoms with van der Waals surface area (Å²) in [7, 11) is 3.11. The van der Waals surface area contributed by atoms with Gasteiger partial charge in [0, 0.05) is 30.1 Å². The Morgan fingerprint density at radius 2 is 1.76 bits per heavy atom. The Balaban J connectivity index is 1.62. The normalized spacial score (nSPS) is 14.4. The molecule has 2 aromatic carbocycles. The van der Waals surface area contributed by atoms with Crippen LogP contribution in [0.3, 0.4) is 0 Å². The Labute approximate surface area is 179 Å². The number of halogens is 2. The van der Waals surface area contributed by atoms with Crippen molar-refractivity contribution in [3.05, 3.63) is 52.0 Å². The summed E-state index contributed by atoms with van der Waals surface area (Å²) in [5.41, 5.74) is 0.975. The molecule has 0 saturated carbocycles. The molecule has 0 aromatic heterocycles. The van der Waals surface area contributed by atoms with Gasteiger partial charge in [-0.1, -0.05) is 23.2 Å². The van der Waals surface area contributed by atoms with Crippen LogP contribution in [-0.4, -0.2) is 44.0 Å². The third-order valence-electron chi connectivity index (χ3n) is 4.98. The largest absolute Gasteiger partial charge is 0.497 e. The van der Waals surface area contributed by atoms with Crippen molar-refractivity contribution in [1.82, 2.24) is 4.90 Å². The highest BCUT2D eigenvalue weighted by atomic mass is 35.5. The van der Waals surface area contributed by atoms with Crippen LogP contribution in [-0.2, 0) is 4.79 Å². The fourth-order valence-corrected chi connectivity index (χ4v) is 3.81. The molecule has 1 saturated heterocycles. The number of ether oxygens (including phenoxy) is 2. The van der Waals surface area contributed by atoms with E-state index in [2.05, 4.69) is 5.32 Å². The van der Waals surface area contributed by atoms with Gasteiger partial charge in [0.25, 0.3) is 5.91 Å². The number of benzene rings is 2. The topological polar surface area (TPSA) is 67.9 Å². The van der Waals surface area contributed by atoms with Gasteiger partial charge in [0.05, 0.1) is 30.5 Å². The van der Waals surface area contributed by atoms with Gasteiger partial charge in [0.1, 0.15) is 11.5 Å². The highest BCUT2D eigenvalue weighted by Gasteiger charge is 2.29. The van der Waals surface area contributed by atoms with Gasteiger partial charge < -0.3 is 19.7 Å². The second kappa shape index (κ2) is 9.37. The molecule has 154 valence electrons. The summed E-state index contributed by atoms with van der Waals surface area (Å²) in [5, 5.41) is 3.72. The van der Waals surface area contributed by atoms with Gasteiger partial charge in [-0.15, -0.1) is 0 Å². The molecule has 1 heterocycles. The average molecular weight is 437 g/mol. The number of carbonyl (C=O) groups is 2. The fraction of sp³-hybridized carbons (Fsp3) is 0.333. The number of likely N-dealkylation sites (tertiary alicyclic amines) is 1. The molecule has 0 unspecified atom stereocenters. The van der Waals surface area contributed by atoms with Crippen LogP contribution in [0.2, 0.25) is 10.0 Å². The Bertz CT molecular complexity index is 912. The van der Waals surface area contributed by atoms with Crippen LogP contribution in [0.4, 0.5) is 5.69 Å². The highest BCUT2D eigenvalue weighted by Crippen LogP contribution is 2.31. The van der Waals surface area contributed by atoms with Gasteiger partial charge in [-0.05, 0) is 43.2 Å². The standard InChI is InChI=1S/C21H22Cl2N2O4/c1-28-15-4-6-19(29-2)18(12-15)24-20(26)13-7-9-25(10-8-13)21(27)16-5-3-14(22)11-17(16)23/h3-6,11-13H,7-10H2,1-2H3,(H,24,26). The molecule has 3 rings (SSSR count). The minimum atomic E-state index is -0.198.